The van der Waals surface area contributed by atoms with Crippen molar-refractivity contribution in [1.29, 1.82) is 5.26 Å². The van der Waals surface area contributed by atoms with Gasteiger partial charge in [-0.2, -0.15) is 5.26 Å². The molecule has 0 heterocycles. The summed E-state index contributed by atoms with van der Waals surface area (Å²) in [6.45, 7) is 0. The zero-order chi connectivity index (χ0) is 21.5. The zero-order valence-corrected chi connectivity index (χ0v) is 16.9. The quantitative estimate of drug-likeness (QED) is 0.415. The van der Waals surface area contributed by atoms with Crippen molar-refractivity contribution in [3.05, 3.63) is 99.8 Å². The number of rotatable bonds is 6. The average molecular weight is 421 g/mol. The molecule has 30 heavy (non-hydrogen) atoms. The molecule has 0 radical (unpaired) electrons. The number of anilines is 1. The highest BCUT2D eigenvalue weighted by molar-refractivity contribution is 6.30. The van der Waals surface area contributed by atoms with E-state index in [1.165, 1.54) is 12.1 Å². The Balaban J connectivity index is 1.89. The average Bonchev–Trinajstić information content (AvgIpc) is 2.75. The van der Waals surface area contributed by atoms with Crippen molar-refractivity contribution < 1.29 is 13.9 Å². The summed E-state index contributed by atoms with van der Waals surface area (Å²) in [5.41, 5.74) is 2.26. The normalized spacial score (nSPS) is 10.9. The summed E-state index contributed by atoms with van der Waals surface area (Å²) in [5.74, 6) is -0.222. The van der Waals surface area contributed by atoms with E-state index in [2.05, 4.69) is 5.32 Å². The Morgan fingerprint density at radius 2 is 1.87 bits per heavy atom. The third-order valence-electron chi connectivity index (χ3n) is 4.46. The topological polar surface area (TPSA) is 62.1 Å². The molecule has 0 aliphatic carbocycles. The maximum Gasteiger partial charge on any atom is 0.266 e. The minimum Gasteiger partial charge on any atom is -0.497 e. The van der Waals surface area contributed by atoms with Gasteiger partial charge in [-0.25, -0.2) is 4.39 Å². The van der Waals surface area contributed by atoms with Gasteiger partial charge in [0.25, 0.3) is 5.91 Å². The number of benzene rings is 3. The third kappa shape index (κ3) is 5.25. The molecule has 0 spiro atoms. The third-order valence-corrected chi connectivity index (χ3v) is 4.69. The molecule has 0 atom stereocenters. The second-order valence-corrected chi connectivity index (χ2v) is 6.90. The lowest BCUT2D eigenvalue weighted by Crippen LogP contribution is -2.13. The lowest BCUT2D eigenvalue weighted by molar-refractivity contribution is -0.112. The fraction of sp³-hybridized carbons (Fsp3) is 0.0833. The van der Waals surface area contributed by atoms with Crippen molar-refractivity contribution >= 4 is 29.3 Å². The molecular weight excluding hydrogens is 403 g/mol. The van der Waals surface area contributed by atoms with E-state index in [0.717, 1.165) is 5.56 Å². The molecule has 0 aliphatic rings. The van der Waals surface area contributed by atoms with E-state index in [0.29, 0.717) is 34.0 Å². The lowest BCUT2D eigenvalue weighted by atomic mass is 9.98. The number of ether oxygens (including phenoxy) is 1. The number of nitriles is 1. The molecule has 1 N–H and O–H groups in total. The van der Waals surface area contributed by atoms with Crippen LogP contribution in [-0.2, 0) is 11.2 Å². The Bertz CT molecular complexity index is 1130. The van der Waals surface area contributed by atoms with E-state index < -0.39 is 5.91 Å². The molecule has 3 aromatic rings. The number of nitrogens with zero attached hydrogens (tertiary/aromatic N) is 1. The van der Waals surface area contributed by atoms with Gasteiger partial charge in [-0.05, 0) is 65.2 Å². The van der Waals surface area contributed by atoms with Crippen LogP contribution in [-0.4, -0.2) is 13.0 Å². The van der Waals surface area contributed by atoms with Crippen molar-refractivity contribution in [2.45, 2.75) is 6.42 Å². The maximum atomic E-state index is 14.1. The van der Waals surface area contributed by atoms with E-state index >= 15 is 0 Å². The minimum atomic E-state index is -0.556. The molecule has 150 valence electrons. The number of methoxy groups -OCH3 is 1. The summed E-state index contributed by atoms with van der Waals surface area (Å²) in [4.78, 5) is 12.6. The Morgan fingerprint density at radius 3 is 2.53 bits per heavy atom. The molecule has 3 aromatic carbocycles. The van der Waals surface area contributed by atoms with Crippen LogP contribution in [0.2, 0.25) is 5.02 Å². The molecule has 6 heteroatoms. The minimum absolute atomic E-state index is 0.0946. The summed E-state index contributed by atoms with van der Waals surface area (Å²) in [6.07, 6.45) is 1.76. The SMILES string of the molecule is COc1ccc(NC(=O)/C(C#N)=C/c2cc(Cl)ccc2Cc2ccccc2F)cc1. The Morgan fingerprint density at radius 1 is 1.13 bits per heavy atom. The van der Waals surface area contributed by atoms with Crippen LogP contribution in [0.15, 0.2) is 72.3 Å². The fourth-order valence-corrected chi connectivity index (χ4v) is 3.07. The predicted octanol–water partition coefficient (Wildman–Crippen LogP) is 5.62. The van der Waals surface area contributed by atoms with Crippen LogP contribution in [0.3, 0.4) is 0 Å². The molecule has 0 bridgehead atoms. The van der Waals surface area contributed by atoms with Crippen LogP contribution in [0.1, 0.15) is 16.7 Å². The van der Waals surface area contributed by atoms with Crippen LogP contribution in [0.4, 0.5) is 10.1 Å². The van der Waals surface area contributed by atoms with Crippen molar-refractivity contribution in [3.8, 4) is 11.8 Å². The van der Waals surface area contributed by atoms with Gasteiger partial charge in [-0.15, -0.1) is 0 Å². The second kappa shape index (κ2) is 9.73. The number of hydrogen-bond acceptors (Lipinski definition) is 3. The first-order valence-electron chi connectivity index (χ1n) is 9.09. The second-order valence-electron chi connectivity index (χ2n) is 6.46. The highest BCUT2D eigenvalue weighted by Gasteiger charge is 2.13. The Kier molecular flexibility index (Phi) is 6.84. The van der Waals surface area contributed by atoms with Crippen LogP contribution >= 0.6 is 11.6 Å². The van der Waals surface area contributed by atoms with Crippen molar-refractivity contribution in [2.75, 3.05) is 12.4 Å². The molecule has 0 aromatic heterocycles. The highest BCUT2D eigenvalue weighted by Crippen LogP contribution is 2.23. The van der Waals surface area contributed by atoms with Gasteiger partial charge in [0.1, 0.15) is 23.2 Å². The summed E-state index contributed by atoms with van der Waals surface area (Å²) in [5, 5.41) is 12.6. The van der Waals surface area contributed by atoms with Crippen LogP contribution in [0.25, 0.3) is 6.08 Å². The number of carbonyl (C=O) groups is 1. The molecule has 1 amide bonds. The van der Waals surface area contributed by atoms with Crippen LogP contribution in [0, 0.1) is 17.1 Å². The predicted molar refractivity (Wildman–Crippen MR) is 116 cm³/mol. The number of halogens is 2. The van der Waals surface area contributed by atoms with Gasteiger partial charge >= 0.3 is 0 Å². The molecule has 0 saturated carbocycles. The van der Waals surface area contributed by atoms with E-state index in [-0.39, 0.29) is 11.4 Å². The lowest BCUT2D eigenvalue weighted by Gasteiger charge is -2.10. The standard InChI is InChI=1S/C24H18ClFN2O2/c1-30-22-10-8-21(9-11-22)28-24(29)19(15-27)13-18-14-20(25)7-6-16(18)12-17-4-2-3-5-23(17)26/h2-11,13-14H,12H2,1H3,(H,28,29)/b19-13+. The monoisotopic (exact) mass is 420 g/mol. The molecule has 0 unspecified atom stereocenters. The number of amides is 1. The summed E-state index contributed by atoms with van der Waals surface area (Å²) >= 11 is 6.12. The van der Waals surface area contributed by atoms with Gasteiger partial charge in [0.15, 0.2) is 0 Å². The molecule has 4 nitrogen and oxygen atoms in total. The van der Waals surface area contributed by atoms with E-state index in [1.807, 2.05) is 6.07 Å². The largest absolute Gasteiger partial charge is 0.497 e. The Labute approximate surface area is 179 Å². The summed E-state index contributed by atoms with van der Waals surface area (Å²) in [6, 6.07) is 20.2. The van der Waals surface area contributed by atoms with Gasteiger partial charge in [0.2, 0.25) is 0 Å². The summed E-state index contributed by atoms with van der Waals surface area (Å²) < 4.78 is 19.2. The van der Waals surface area contributed by atoms with Gasteiger partial charge in [-0.1, -0.05) is 35.9 Å². The van der Waals surface area contributed by atoms with E-state index in [4.69, 9.17) is 16.3 Å². The van der Waals surface area contributed by atoms with Gasteiger partial charge in [0, 0.05) is 17.1 Å². The number of carbonyl (C=O) groups excluding carboxylic acids is 1. The molecule has 0 aliphatic heterocycles. The molecule has 3 rings (SSSR count). The van der Waals surface area contributed by atoms with Gasteiger partial charge < -0.3 is 10.1 Å². The van der Waals surface area contributed by atoms with Crippen LogP contribution < -0.4 is 10.1 Å². The highest BCUT2D eigenvalue weighted by atomic mass is 35.5. The van der Waals surface area contributed by atoms with Crippen molar-refractivity contribution in [2.24, 2.45) is 0 Å². The summed E-state index contributed by atoms with van der Waals surface area (Å²) in [7, 11) is 1.55. The van der Waals surface area contributed by atoms with Gasteiger partial charge in [-0.3, -0.25) is 4.79 Å². The first kappa shape index (κ1) is 21.1. The Hall–Kier alpha value is -3.62. The van der Waals surface area contributed by atoms with Crippen molar-refractivity contribution in [1.82, 2.24) is 0 Å². The van der Waals surface area contributed by atoms with E-state index in [1.54, 1.807) is 67.8 Å². The zero-order valence-electron chi connectivity index (χ0n) is 16.2. The molecule has 0 saturated heterocycles. The van der Waals surface area contributed by atoms with E-state index in [9.17, 15) is 14.4 Å². The van der Waals surface area contributed by atoms with Gasteiger partial charge in [0.05, 0.1) is 7.11 Å². The van der Waals surface area contributed by atoms with Crippen molar-refractivity contribution in [3.63, 3.8) is 0 Å². The number of nitrogens with one attached hydrogen (secondary N) is 1. The smallest absolute Gasteiger partial charge is 0.266 e. The maximum absolute atomic E-state index is 14.1. The fourth-order valence-electron chi connectivity index (χ4n) is 2.88. The molecule has 0 fully saturated rings. The molecular formula is C24H18ClFN2O2. The first-order valence-corrected chi connectivity index (χ1v) is 9.47. The first-order chi connectivity index (χ1) is 14.5. The van der Waals surface area contributed by atoms with Crippen LogP contribution in [0.5, 0.6) is 5.75 Å². The number of hydrogen-bond donors (Lipinski definition) is 1.